The van der Waals surface area contributed by atoms with Crippen LogP contribution in [0.2, 0.25) is 0 Å². The van der Waals surface area contributed by atoms with E-state index in [0.717, 1.165) is 11.1 Å². The lowest BCUT2D eigenvalue weighted by molar-refractivity contribution is 0.347. The maximum absolute atomic E-state index is 13.9. The highest BCUT2D eigenvalue weighted by atomic mass is 32.2. The molecule has 158 valence electrons. The predicted molar refractivity (Wildman–Crippen MR) is 117 cm³/mol. The third-order valence-electron chi connectivity index (χ3n) is 5.15. The Balaban J connectivity index is 2.34. The third kappa shape index (κ3) is 4.00. The predicted octanol–water partition coefficient (Wildman–Crippen LogP) is 4.89. The van der Waals surface area contributed by atoms with E-state index in [-0.39, 0.29) is 4.90 Å². The van der Waals surface area contributed by atoms with Gasteiger partial charge in [-0.2, -0.15) is 0 Å². The van der Waals surface area contributed by atoms with E-state index < -0.39 is 15.1 Å². The summed E-state index contributed by atoms with van der Waals surface area (Å²) in [6.07, 6.45) is 0. The number of hydrogen-bond acceptors (Lipinski definition) is 5. The number of aryl methyl sites for hydroxylation is 2. The number of rotatable bonds is 7. The van der Waals surface area contributed by atoms with Crippen molar-refractivity contribution in [2.75, 3.05) is 21.3 Å². The number of sulfone groups is 1. The van der Waals surface area contributed by atoms with E-state index >= 15 is 0 Å². The minimum Gasteiger partial charge on any atom is -0.496 e. The molecule has 0 saturated carbocycles. The Morgan fingerprint density at radius 2 is 1.27 bits per heavy atom. The molecule has 0 bridgehead atoms. The van der Waals surface area contributed by atoms with Crippen molar-refractivity contribution < 1.29 is 22.6 Å². The molecule has 0 spiro atoms. The Bertz CT molecular complexity index is 1130. The van der Waals surface area contributed by atoms with E-state index in [9.17, 15) is 8.42 Å². The van der Waals surface area contributed by atoms with Crippen LogP contribution in [0.3, 0.4) is 0 Å². The zero-order valence-corrected chi connectivity index (χ0v) is 18.6. The quantitative estimate of drug-likeness (QED) is 0.538. The first kappa shape index (κ1) is 21.7. The third-order valence-corrected chi connectivity index (χ3v) is 7.21. The van der Waals surface area contributed by atoms with Gasteiger partial charge in [-0.25, -0.2) is 8.42 Å². The molecule has 5 nitrogen and oxygen atoms in total. The van der Waals surface area contributed by atoms with Crippen LogP contribution in [0.5, 0.6) is 17.2 Å². The second-order valence-electron chi connectivity index (χ2n) is 7.04. The van der Waals surface area contributed by atoms with Gasteiger partial charge in [0.1, 0.15) is 11.0 Å². The molecule has 0 fully saturated rings. The minimum absolute atomic E-state index is 0.248. The molecule has 0 aliphatic carbocycles. The topological polar surface area (TPSA) is 61.8 Å². The van der Waals surface area contributed by atoms with E-state index in [4.69, 9.17) is 14.2 Å². The second kappa shape index (κ2) is 8.79. The summed E-state index contributed by atoms with van der Waals surface area (Å²) < 4.78 is 44.2. The largest absolute Gasteiger partial charge is 0.496 e. The first-order valence-electron chi connectivity index (χ1n) is 9.49. The molecule has 3 aromatic rings. The molecule has 3 rings (SSSR count). The maximum Gasteiger partial charge on any atom is 0.189 e. The summed E-state index contributed by atoms with van der Waals surface area (Å²) >= 11 is 0. The van der Waals surface area contributed by atoms with Crippen LogP contribution in [0.15, 0.2) is 65.6 Å². The van der Waals surface area contributed by atoms with Crippen LogP contribution in [0, 0.1) is 13.8 Å². The second-order valence-corrected chi connectivity index (χ2v) is 9.08. The Labute approximate surface area is 178 Å². The van der Waals surface area contributed by atoms with Gasteiger partial charge in [0.05, 0.1) is 26.2 Å². The number of methoxy groups -OCH3 is 3. The van der Waals surface area contributed by atoms with Crippen LogP contribution >= 0.6 is 0 Å². The van der Waals surface area contributed by atoms with Crippen LogP contribution < -0.4 is 14.2 Å². The van der Waals surface area contributed by atoms with Gasteiger partial charge in [-0.05, 0) is 43.2 Å². The van der Waals surface area contributed by atoms with Gasteiger partial charge in [-0.15, -0.1) is 0 Å². The normalized spacial score (nSPS) is 12.3. The fraction of sp³-hybridized carbons (Fsp3) is 0.250. The number of benzene rings is 3. The van der Waals surface area contributed by atoms with Gasteiger partial charge >= 0.3 is 0 Å². The van der Waals surface area contributed by atoms with Crippen LogP contribution in [-0.4, -0.2) is 29.7 Å². The molecule has 0 aromatic heterocycles. The molecule has 6 heteroatoms. The van der Waals surface area contributed by atoms with E-state index in [2.05, 4.69) is 0 Å². The van der Waals surface area contributed by atoms with Crippen LogP contribution in [0.1, 0.15) is 27.5 Å². The fourth-order valence-corrected chi connectivity index (χ4v) is 5.41. The highest BCUT2D eigenvalue weighted by Gasteiger charge is 2.35. The Morgan fingerprint density at radius 1 is 0.700 bits per heavy atom. The standard InChI is InChI=1S/C24H26O5S/c1-16-10-12-18(13-11-16)30(25,26)24(19-9-7-6-8-17(19)2)20-14-22(28-4)23(29-5)15-21(20)27-3/h6-15,24H,1-5H3. The molecular weight excluding hydrogens is 400 g/mol. The van der Waals surface area contributed by atoms with Crippen LogP contribution in [0.4, 0.5) is 0 Å². The Morgan fingerprint density at radius 3 is 1.83 bits per heavy atom. The van der Waals surface area contributed by atoms with Gasteiger partial charge in [0, 0.05) is 11.6 Å². The average molecular weight is 427 g/mol. The molecule has 0 aliphatic rings. The SMILES string of the molecule is COc1cc(OC)c(C(c2ccccc2C)S(=O)(=O)c2ccc(C)cc2)cc1OC. The maximum atomic E-state index is 13.9. The van der Waals surface area contributed by atoms with Crippen molar-refractivity contribution in [3.8, 4) is 17.2 Å². The van der Waals surface area contributed by atoms with Crippen molar-refractivity contribution >= 4 is 9.84 Å². The van der Waals surface area contributed by atoms with Gasteiger partial charge in [0.2, 0.25) is 0 Å². The van der Waals surface area contributed by atoms with E-state index in [1.54, 1.807) is 36.4 Å². The highest BCUT2D eigenvalue weighted by Crippen LogP contribution is 2.45. The Hall–Kier alpha value is -2.99. The lowest BCUT2D eigenvalue weighted by Crippen LogP contribution is -2.17. The van der Waals surface area contributed by atoms with Crippen molar-refractivity contribution in [1.29, 1.82) is 0 Å². The number of hydrogen-bond donors (Lipinski definition) is 0. The summed E-state index contributed by atoms with van der Waals surface area (Å²) in [5.74, 6) is 1.32. The summed E-state index contributed by atoms with van der Waals surface area (Å²) in [7, 11) is 0.758. The minimum atomic E-state index is -3.80. The van der Waals surface area contributed by atoms with E-state index in [1.165, 1.54) is 21.3 Å². The molecule has 1 atom stereocenters. The number of ether oxygens (including phenoxy) is 3. The summed E-state index contributed by atoms with van der Waals surface area (Å²) in [6, 6.07) is 17.7. The van der Waals surface area contributed by atoms with Crippen molar-refractivity contribution in [3.63, 3.8) is 0 Å². The molecule has 0 heterocycles. The van der Waals surface area contributed by atoms with Gasteiger partial charge in [0.15, 0.2) is 21.3 Å². The lowest BCUT2D eigenvalue weighted by Gasteiger charge is -2.24. The summed E-state index contributed by atoms with van der Waals surface area (Å²) in [5, 5.41) is -0.976. The van der Waals surface area contributed by atoms with Crippen molar-refractivity contribution in [1.82, 2.24) is 0 Å². The summed E-state index contributed by atoms with van der Waals surface area (Å²) in [5.41, 5.74) is 3.04. The van der Waals surface area contributed by atoms with E-state index in [0.29, 0.717) is 28.4 Å². The summed E-state index contributed by atoms with van der Waals surface area (Å²) in [6.45, 7) is 3.83. The molecule has 30 heavy (non-hydrogen) atoms. The van der Waals surface area contributed by atoms with Gasteiger partial charge in [0.25, 0.3) is 0 Å². The molecule has 1 unspecified atom stereocenters. The Kier molecular flexibility index (Phi) is 6.37. The zero-order chi connectivity index (χ0) is 21.9. The lowest BCUT2D eigenvalue weighted by atomic mass is 9.99. The van der Waals surface area contributed by atoms with Crippen LogP contribution in [0.25, 0.3) is 0 Å². The molecule has 0 N–H and O–H groups in total. The summed E-state index contributed by atoms with van der Waals surface area (Å²) in [4.78, 5) is 0.248. The molecular formula is C24H26O5S. The highest BCUT2D eigenvalue weighted by molar-refractivity contribution is 7.92. The van der Waals surface area contributed by atoms with Gasteiger partial charge in [-0.3, -0.25) is 0 Å². The first-order valence-corrected chi connectivity index (χ1v) is 11.0. The molecule has 0 aliphatic heterocycles. The first-order chi connectivity index (χ1) is 14.3. The fourth-order valence-electron chi connectivity index (χ4n) is 3.50. The van der Waals surface area contributed by atoms with Gasteiger partial charge < -0.3 is 14.2 Å². The van der Waals surface area contributed by atoms with Crippen molar-refractivity contribution in [2.24, 2.45) is 0 Å². The smallest absolute Gasteiger partial charge is 0.189 e. The van der Waals surface area contributed by atoms with Crippen LogP contribution in [-0.2, 0) is 9.84 Å². The molecule has 3 aromatic carbocycles. The molecule has 0 amide bonds. The van der Waals surface area contributed by atoms with Gasteiger partial charge in [-0.1, -0.05) is 42.0 Å². The zero-order valence-electron chi connectivity index (χ0n) is 17.8. The average Bonchev–Trinajstić information content (AvgIpc) is 2.75. The molecule has 0 saturated heterocycles. The van der Waals surface area contributed by atoms with Crippen molar-refractivity contribution in [2.45, 2.75) is 24.0 Å². The monoisotopic (exact) mass is 426 g/mol. The van der Waals surface area contributed by atoms with Crippen molar-refractivity contribution in [3.05, 3.63) is 82.9 Å². The van der Waals surface area contributed by atoms with E-state index in [1.807, 2.05) is 38.1 Å². The molecule has 0 radical (unpaired) electrons.